The van der Waals surface area contributed by atoms with E-state index in [0.717, 1.165) is 32.8 Å². The molecule has 1 aromatic heterocycles. The number of aromatic nitrogens is 1. The van der Waals surface area contributed by atoms with Gasteiger partial charge in [0.25, 0.3) is 0 Å². The largest absolute Gasteiger partial charge is 0.260 e. The monoisotopic (exact) mass is 358 g/mol. The van der Waals surface area contributed by atoms with Crippen molar-refractivity contribution >= 4 is 26.0 Å². The minimum absolute atomic E-state index is 0.157. The van der Waals surface area contributed by atoms with Crippen LogP contribution in [0.15, 0.2) is 52.1 Å². The van der Waals surface area contributed by atoms with Crippen molar-refractivity contribution < 1.29 is 12.8 Å². The highest BCUT2D eigenvalue weighted by Crippen LogP contribution is 2.18. The van der Waals surface area contributed by atoms with Gasteiger partial charge in [-0.1, -0.05) is 28.1 Å². The van der Waals surface area contributed by atoms with Gasteiger partial charge < -0.3 is 0 Å². The van der Waals surface area contributed by atoms with Crippen molar-refractivity contribution in [3.8, 4) is 0 Å². The fourth-order valence-electron chi connectivity index (χ4n) is 1.69. The van der Waals surface area contributed by atoms with Crippen LogP contribution >= 0.6 is 15.9 Å². The SMILES string of the molecule is CN(Cc1cccc(Br)c1)S(=O)(=O)c1cncc(F)c1. The van der Waals surface area contributed by atoms with E-state index in [1.54, 1.807) is 0 Å². The maximum absolute atomic E-state index is 13.1. The predicted octanol–water partition coefficient (Wildman–Crippen LogP) is 2.80. The van der Waals surface area contributed by atoms with Gasteiger partial charge in [0, 0.05) is 24.3 Å². The lowest BCUT2D eigenvalue weighted by atomic mass is 10.2. The van der Waals surface area contributed by atoms with Gasteiger partial charge in [-0.3, -0.25) is 4.98 Å². The molecule has 106 valence electrons. The summed E-state index contributed by atoms with van der Waals surface area (Å²) in [6, 6.07) is 8.29. The van der Waals surface area contributed by atoms with Crippen LogP contribution in [0.5, 0.6) is 0 Å². The van der Waals surface area contributed by atoms with Gasteiger partial charge in [0.1, 0.15) is 10.7 Å². The molecular weight excluding hydrogens is 347 g/mol. The van der Waals surface area contributed by atoms with E-state index in [0.29, 0.717) is 0 Å². The predicted molar refractivity (Wildman–Crippen MR) is 77.0 cm³/mol. The molecule has 20 heavy (non-hydrogen) atoms. The highest BCUT2D eigenvalue weighted by Gasteiger charge is 2.21. The first-order chi connectivity index (χ1) is 9.39. The molecule has 0 spiro atoms. The summed E-state index contributed by atoms with van der Waals surface area (Å²) in [5, 5.41) is 0. The van der Waals surface area contributed by atoms with E-state index < -0.39 is 15.8 Å². The zero-order valence-corrected chi connectivity index (χ0v) is 13.0. The molecule has 0 atom stereocenters. The minimum atomic E-state index is -3.76. The minimum Gasteiger partial charge on any atom is -0.260 e. The molecule has 2 rings (SSSR count). The molecular formula is C13H12BrFN2O2S. The van der Waals surface area contributed by atoms with Crippen molar-refractivity contribution in [2.75, 3.05) is 7.05 Å². The second kappa shape index (κ2) is 5.99. The van der Waals surface area contributed by atoms with Crippen LogP contribution in [0.2, 0.25) is 0 Å². The third-order valence-electron chi connectivity index (χ3n) is 2.68. The molecule has 0 amide bonds. The normalized spacial score (nSPS) is 11.8. The summed E-state index contributed by atoms with van der Waals surface area (Å²) >= 11 is 3.33. The average Bonchev–Trinajstić information content (AvgIpc) is 2.38. The molecule has 0 radical (unpaired) electrons. The Bertz CT molecular complexity index is 722. The van der Waals surface area contributed by atoms with Crippen LogP contribution < -0.4 is 0 Å². The number of nitrogens with zero attached hydrogens (tertiary/aromatic N) is 2. The van der Waals surface area contributed by atoms with Crippen molar-refractivity contribution in [2.24, 2.45) is 0 Å². The molecule has 0 fully saturated rings. The first-order valence-corrected chi connectivity index (χ1v) is 7.94. The van der Waals surface area contributed by atoms with Crippen molar-refractivity contribution in [3.63, 3.8) is 0 Å². The molecule has 0 bridgehead atoms. The Balaban J connectivity index is 2.26. The van der Waals surface area contributed by atoms with Crippen LogP contribution in [-0.4, -0.2) is 24.8 Å². The van der Waals surface area contributed by atoms with E-state index in [4.69, 9.17) is 0 Å². The Labute approximate surface area is 125 Å². The van der Waals surface area contributed by atoms with Crippen LogP contribution in [0.25, 0.3) is 0 Å². The molecule has 0 N–H and O–H groups in total. The maximum atomic E-state index is 13.1. The Morgan fingerprint density at radius 1 is 1.30 bits per heavy atom. The third kappa shape index (κ3) is 3.41. The lowest BCUT2D eigenvalue weighted by molar-refractivity contribution is 0.465. The number of halogens is 2. The van der Waals surface area contributed by atoms with Crippen molar-refractivity contribution in [1.82, 2.24) is 9.29 Å². The van der Waals surface area contributed by atoms with Gasteiger partial charge in [-0.2, -0.15) is 4.31 Å². The molecule has 2 aromatic rings. The van der Waals surface area contributed by atoms with Crippen molar-refractivity contribution in [1.29, 1.82) is 0 Å². The number of rotatable bonds is 4. The fraction of sp³-hybridized carbons (Fsp3) is 0.154. The number of sulfonamides is 1. The lowest BCUT2D eigenvalue weighted by Gasteiger charge is -2.17. The number of hydrogen-bond donors (Lipinski definition) is 0. The molecule has 1 aromatic carbocycles. The Hall–Kier alpha value is -1.31. The van der Waals surface area contributed by atoms with Gasteiger partial charge in [0.05, 0.1) is 6.20 Å². The van der Waals surface area contributed by atoms with E-state index in [1.165, 1.54) is 7.05 Å². The van der Waals surface area contributed by atoms with E-state index in [-0.39, 0.29) is 11.4 Å². The summed E-state index contributed by atoms with van der Waals surface area (Å²) in [4.78, 5) is 3.41. The van der Waals surface area contributed by atoms with Gasteiger partial charge in [0.2, 0.25) is 10.0 Å². The summed E-state index contributed by atoms with van der Waals surface area (Å²) in [5.41, 5.74) is 0.829. The molecule has 0 aliphatic rings. The van der Waals surface area contributed by atoms with Crippen molar-refractivity contribution in [2.45, 2.75) is 11.4 Å². The van der Waals surface area contributed by atoms with Gasteiger partial charge in [0.15, 0.2) is 0 Å². The number of hydrogen-bond acceptors (Lipinski definition) is 3. The average molecular weight is 359 g/mol. The molecule has 0 saturated heterocycles. The second-order valence-corrected chi connectivity index (χ2v) is 7.19. The summed E-state index contributed by atoms with van der Waals surface area (Å²) in [6.45, 7) is 0.193. The van der Waals surface area contributed by atoms with Crippen molar-refractivity contribution in [3.05, 3.63) is 58.6 Å². The van der Waals surface area contributed by atoms with Crippen LogP contribution in [0.3, 0.4) is 0 Å². The van der Waals surface area contributed by atoms with Crippen LogP contribution in [-0.2, 0) is 16.6 Å². The summed E-state index contributed by atoms with van der Waals surface area (Å²) in [6.07, 6.45) is 2.10. The van der Waals surface area contributed by atoms with Gasteiger partial charge in [-0.25, -0.2) is 12.8 Å². The summed E-state index contributed by atoms with van der Waals surface area (Å²) in [5.74, 6) is -0.679. The Kier molecular flexibility index (Phi) is 4.52. The smallest absolute Gasteiger partial charge is 0.244 e. The zero-order chi connectivity index (χ0) is 14.8. The third-order valence-corrected chi connectivity index (χ3v) is 4.94. The van der Waals surface area contributed by atoms with Crippen LogP contribution in [0.1, 0.15) is 5.56 Å². The Morgan fingerprint density at radius 2 is 2.05 bits per heavy atom. The standard InChI is InChI=1S/C13H12BrFN2O2S/c1-17(9-10-3-2-4-11(14)5-10)20(18,19)13-6-12(15)7-16-8-13/h2-8H,9H2,1H3. The fourth-order valence-corrected chi connectivity index (χ4v) is 3.27. The number of pyridine rings is 1. The molecule has 7 heteroatoms. The summed E-state index contributed by atoms with van der Waals surface area (Å²) < 4.78 is 39.7. The van der Waals surface area contributed by atoms with E-state index >= 15 is 0 Å². The van der Waals surface area contributed by atoms with E-state index in [1.807, 2.05) is 24.3 Å². The highest BCUT2D eigenvalue weighted by atomic mass is 79.9. The zero-order valence-electron chi connectivity index (χ0n) is 10.6. The highest BCUT2D eigenvalue weighted by molar-refractivity contribution is 9.10. The maximum Gasteiger partial charge on any atom is 0.244 e. The molecule has 1 heterocycles. The van der Waals surface area contributed by atoms with Gasteiger partial charge in [-0.15, -0.1) is 0 Å². The molecule has 0 saturated carbocycles. The van der Waals surface area contributed by atoms with E-state index in [9.17, 15) is 12.8 Å². The number of benzene rings is 1. The Morgan fingerprint density at radius 3 is 2.70 bits per heavy atom. The molecule has 4 nitrogen and oxygen atoms in total. The molecule has 0 aliphatic heterocycles. The molecule has 0 aliphatic carbocycles. The first-order valence-electron chi connectivity index (χ1n) is 5.71. The van der Waals surface area contributed by atoms with Crippen LogP contribution in [0.4, 0.5) is 4.39 Å². The molecule has 0 unspecified atom stereocenters. The van der Waals surface area contributed by atoms with Gasteiger partial charge in [-0.05, 0) is 23.8 Å². The van der Waals surface area contributed by atoms with Gasteiger partial charge >= 0.3 is 0 Å². The topological polar surface area (TPSA) is 50.3 Å². The van der Waals surface area contributed by atoms with E-state index in [2.05, 4.69) is 20.9 Å². The first kappa shape index (κ1) is 15.1. The summed E-state index contributed by atoms with van der Waals surface area (Å²) in [7, 11) is -2.31. The second-order valence-electron chi connectivity index (χ2n) is 4.23. The van der Waals surface area contributed by atoms with Crippen LogP contribution in [0, 0.1) is 5.82 Å². The lowest BCUT2D eigenvalue weighted by Crippen LogP contribution is -2.26. The quantitative estimate of drug-likeness (QED) is 0.844.